The average molecular weight is 349 g/mol. The Bertz CT molecular complexity index is 624. The van der Waals surface area contributed by atoms with E-state index in [1.807, 2.05) is 0 Å². The molecule has 0 aromatic heterocycles. The van der Waals surface area contributed by atoms with Gasteiger partial charge in [-0.25, -0.2) is 0 Å². The number of aliphatic carboxylic acids is 1. The van der Waals surface area contributed by atoms with E-state index in [-0.39, 0.29) is 18.5 Å². The van der Waals surface area contributed by atoms with Crippen molar-refractivity contribution in [3.05, 3.63) is 23.8 Å². The molecule has 0 radical (unpaired) electrons. The van der Waals surface area contributed by atoms with E-state index in [0.717, 1.165) is 12.8 Å². The van der Waals surface area contributed by atoms with E-state index < -0.39 is 11.9 Å². The van der Waals surface area contributed by atoms with Crippen LogP contribution in [-0.2, 0) is 4.79 Å². The number of carbonyl (C=O) groups is 2. The Balaban J connectivity index is 2.17. The number of hydrogen-bond acceptors (Lipinski definition) is 4. The Morgan fingerprint density at radius 2 is 1.92 bits per heavy atom. The molecule has 0 saturated heterocycles. The molecule has 6 nitrogen and oxygen atoms in total. The van der Waals surface area contributed by atoms with Crippen LogP contribution in [0.2, 0.25) is 0 Å². The first-order chi connectivity index (χ1) is 11.8. The summed E-state index contributed by atoms with van der Waals surface area (Å²) in [5.74, 6) is -0.162. The largest absolute Gasteiger partial charge is 0.493 e. The standard InChI is InChI=1S/C19H27NO5/c1-12(2)11-25-16-8-5-14(9-17(16)24-4)18(21)20(15-6-7-15)10-13(3)19(22)23/h5,8-9,12-13,15H,6-7,10-11H2,1-4H3,(H,22,23). The summed E-state index contributed by atoms with van der Waals surface area (Å²) < 4.78 is 11.1. The Morgan fingerprint density at radius 1 is 1.24 bits per heavy atom. The fourth-order valence-corrected chi connectivity index (χ4v) is 2.50. The van der Waals surface area contributed by atoms with E-state index in [9.17, 15) is 9.59 Å². The molecule has 1 N–H and O–H groups in total. The van der Waals surface area contributed by atoms with Gasteiger partial charge in [-0.2, -0.15) is 0 Å². The zero-order valence-electron chi connectivity index (χ0n) is 15.3. The van der Waals surface area contributed by atoms with Gasteiger partial charge in [0, 0.05) is 18.2 Å². The van der Waals surface area contributed by atoms with Crippen LogP contribution in [0.5, 0.6) is 11.5 Å². The zero-order chi connectivity index (χ0) is 18.6. The third-order valence-corrected chi connectivity index (χ3v) is 4.12. The number of ether oxygens (including phenoxy) is 2. The Hall–Kier alpha value is -2.24. The summed E-state index contributed by atoms with van der Waals surface area (Å²) >= 11 is 0. The predicted octanol–water partition coefficient (Wildman–Crippen LogP) is 3.06. The van der Waals surface area contributed by atoms with Gasteiger partial charge in [-0.1, -0.05) is 20.8 Å². The van der Waals surface area contributed by atoms with Crippen molar-refractivity contribution in [3.63, 3.8) is 0 Å². The smallest absolute Gasteiger partial charge is 0.308 e. The lowest BCUT2D eigenvalue weighted by molar-refractivity contribution is -0.141. The minimum atomic E-state index is -0.895. The molecule has 0 bridgehead atoms. The van der Waals surface area contributed by atoms with E-state index in [1.165, 1.54) is 7.11 Å². The third kappa shape index (κ3) is 5.11. The van der Waals surface area contributed by atoms with Crippen LogP contribution in [0.1, 0.15) is 44.0 Å². The van der Waals surface area contributed by atoms with Crippen LogP contribution < -0.4 is 9.47 Å². The molecule has 1 unspecified atom stereocenters. The molecule has 25 heavy (non-hydrogen) atoms. The van der Waals surface area contributed by atoms with Crippen LogP contribution >= 0.6 is 0 Å². The molecule has 1 aromatic rings. The highest BCUT2D eigenvalue weighted by molar-refractivity contribution is 5.95. The summed E-state index contributed by atoms with van der Waals surface area (Å²) in [4.78, 5) is 25.7. The number of methoxy groups -OCH3 is 1. The molecule has 138 valence electrons. The minimum absolute atomic E-state index is 0.136. The van der Waals surface area contributed by atoms with Gasteiger partial charge in [-0.05, 0) is 37.0 Å². The number of benzene rings is 1. The van der Waals surface area contributed by atoms with Crippen LogP contribution in [0.4, 0.5) is 0 Å². The predicted molar refractivity (Wildman–Crippen MR) is 94.2 cm³/mol. The first-order valence-electron chi connectivity index (χ1n) is 8.68. The van der Waals surface area contributed by atoms with E-state index >= 15 is 0 Å². The van der Waals surface area contributed by atoms with Gasteiger partial charge in [0.15, 0.2) is 11.5 Å². The molecular weight excluding hydrogens is 322 g/mol. The van der Waals surface area contributed by atoms with Crippen molar-refractivity contribution >= 4 is 11.9 Å². The summed E-state index contributed by atoms with van der Waals surface area (Å²) in [6.45, 7) is 6.51. The molecule has 0 heterocycles. The van der Waals surface area contributed by atoms with Crippen molar-refractivity contribution in [3.8, 4) is 11.5 Å². The lowest BCUT2D eigenvalue weighted by atomic mass is 10.1. The third-order valence-electron chi connectivity index (χ3n) is 4.12. The number of carboxylic acids is 1. The Morgan fingerprint density at radius 3 is 2.44 bits per heavy atom. The van der Waals surface area contributed by atoms with Gasteiger partial charge in [-0.3, -0.25) is 9.59 Å². The summed E-state index contributed by atoms with van der Waals surface area (Å²) in [5.41, 5.74) is 0.484. The molecule has 1 aliphatic carbocycles. The van der Waals surface area contributed by atoms with Crippen LogP contribution in [0.25, 0.3) is 0 Å². The number of carbonyl (C=O) groups excluding carboxylic acids is 1. The molecule has 1 atom stereocenters. The molecule has 1 saturated carbocycles. The first kappa shape index (κ1) is 19.1. The highest BCUT2D eigenvalue weighted by atomic mass is 16.5. The van der Waals surface area contributed by atoms with Crippen LogP contribution in [0, 0.1) is 11.8 Å². The van der Waals surface area contributed by atoms with Gasteiger partial charge in [0.25, 0.3) is 5.91 Å². The molecule has 1 aromatic carbocycles. The van der Waals surface area contributed by atoms with E-state index in [2.05, 4.69) is 13.8 Å². The summed E-state index contributed by atoms with van der Waals surface area (Å²) in [5, 5.41) is 9.13. The number of carboxylic acid groups (broad SMARTS) is 1. The van der Waals surface area contributed by atoms with Crippen molar-refractivity contribution in [2.45, 2.75) is 39.7 Å². The molecule has 1 aliphatic rings. The normalized spacial score (nSPS) is 14.9. The number of hydrogen-bond donors (Lipinski definition) is 1. The minimum Gasteiger partial charge on any atom is -0.493 e. The SMILES string of the molecule is COc1cc(C(=O)N(CC(C)C(=O)O)C2CC2)ccc1OCC(C)C. The fraction of sp³-hybridized carbons (Fsp3) is 0.579. The molecule has 6 heteroatoms. The van der Waals surface area contributed by atoms with Gasteiger partial charge in [0.1, 0.15) is 0 Å². The second-order valence-electron chi connectivity index (χ2n) is 7.00. The van der Waals surface area contributed by atoms with Gasteiger partial charge in [0.05, 0.1) is 19.6 Å². The maximum Gasteiger partial charge on any atom is 0.308 e. The van der Waals surface area contributed by atoms with Crippen LogP contribution in [0.3, 0.4) is 0 Å². The maximum absolute atomic E-state index is 12.9. The summed E-state index contributed by atoms with van der Waals surface area (Å²) in [6, 6.07) is 5.25. The quantitative estimate of drug-likeness (QED) is 0.741. The van der Waals surface area contributed by atoms with E-state index in [1.54, 1.807) is 30.0 Å². The molecule has 2 rings (SSSR count). The lowest BCUT2D eigenvalue weighted by Gasteiger charge is -2.25. The van der Waals surface area contributed by atoms with Crippen LogP contribution in [-0.4, -0.2) is 48.2 Å². The lowest BCUT2D eigenvalue weighted by Crippen LogP contribution is -2.38. The molecular formula is C19H27NO5. The van der Waals surface area contributed by atoms with Gasteiger partial charge in [0.2, 0.25) is 0 Å². The second kappa shape index (κ2) is 8.23. The topological polar surface area (TPSA) is 76.1 Å². The summed E-state index contributed by atoms with van der Waals surface area (Å²) in [6.07, 6.45) is 1.84. The fourth-order valence-electron chi connectivity index (χ4n) is 2.50. The van der Waals surface area contributed by atoms with Crippen molar-refractivity contribution in [1.29, 1.82) is 0 Å². The van der Waals surface area contributed by atoms with E-state index in [0.29, 0.717) is 29.6 Å². The summed E-state index contributed by atoms with van der Waals surface area (Å²) in [7, 11) is 1.54. The zero-order valence-corrected chi connectivity index (χ0v) is 15.3. The molecule has 0 spiro atoms. The Kier molecular flexibility index (Phi) is 6.28. The van der Waals surface area contributed by atoms with Gasteiger partial charge >= 0.3 is 5.97 Å². The highest BCUT2D eigenvalue weighted by Gasteiger charge is 2.35. The second-order valence-corrected chi connectivity index (χ2v) is 7.00. The number of amides is 1. The monoisotopic (exact) mass is 349 g/mol. The van der Waals surface area contributed by atoms with E-state index in [4.69, 9.17) is 14.6 Å². The molecule has 1 amide bonds. The van der Waals surface area contributed by atoms with Gasteiger partial charge < -0.3 is 19.5 Å². The van der Waals surface area contributed by atoms with Gasteiger partial charge in [-0.15, -0.1) is 0 Å². The Labute approximate surface area is 148 Å². The highest BCUT2D eigenvalue weighted by Crippen LogP contribution is 2.32. The molecule has 1 fully saturated rings. The maximum atomic E-state index is 12.9. The van der Waals surface area contributed by atoms with Crippen LogP contribution in [0.15, 0.2) is 18.2 Å². The number of rotatable bonds is 9. The van der Waals surface area contributed by atoms with Crippen molar-refractivity contribution in [1.82, 2.24) is 4.90 Å². The number of nitrogens with zero attached hydrogens (tertiary/aromatic N) is 1. The van der Waals surface area contributed by atoms with Crippen molar-refractivity contribution in [2.75, 3.05) is 20.3 Å². The van der Waals surface area contributed by atoms with Crippen molar-refractivity contribution in [2.24, 2.45) is 11.8 Å². The average Bonchev–Trinajstić information content (AvgIpc) is 3.41. The first-order valence-corrected chi connectivity index (χ1v) is 8.68. The van der Waals surface area contributed by atoms with Crippen molar-refractivity contribution < 1.29 is 24.2 Å². The molecule has 0 aliphatic heterocycles.